The van der Waals surface area contributed by atoms with Crippen LogP contribution in [0.1, 0.15) is 98.6 Å². The van der Waals surface area contributed by atoms with Crippen LogP contribution in [0.15, 0.2) is 60.8 Å². The summed E-state index contributed by atoms with van der Waals surface area (Å²) in [5.74, 6) is 0.310. The van der Waals surface area contributed by atoms with Crippen LogP contribution in [0.25, 0.3) is 10.9 Å². The second kappa shape index (κ2) is 13.0. The maximum atomic E-state index is 13.6. The van der Waals surface area contributed by atoms with E-state index in [1.807, 2.05) is 6.07 Å². The van der Waals surface area contributed by atoms with E-state index in [0.29, 0.717) is 17.0 Å². The van der Waals surface area contributed by atoms with Crippen molar-refractivity contribution in [3.63, 3.8) is 0 Å². The number of anilines is 1. The highest BCUT2D eigenvalue weighted by atomic mass is 16.6. The molecule has 1 unspecified atom stereocenters. The SMILES string of the molecule is CCCCCCCCCn1c(C)c(C2(c3ccc(N(CC)CC)cc3OC)OC(=O)c3cccnc32)c2ccccc21. The molecule has 0 aliphatic carbocycles. The van der Waals surface area contributed by atoms with Crippen molar-refractivity contribution in [2.75, 3.05) is 25.1 Å². The van der Waals surface area contributed by atoms with Crippen molar-refractivity contribution in [3.05, 3.63) is 88.9 Å². The van der Waals surface area contributed by atoms with Gasteiger partial charge in [-0.2, -0.15) is 0 Å². The number of benzene rings is 2. The molecule has 2 aromatic carbocycles. The lowest BCUT2D eigenvalue weighted by Crippen LogP contribution is -2.32. The molecule has 5 rings (SSSR count). The number of esters is 1. The summed E-state index contributed by atoms with van der Waals surface area (Å²) in [6.07, 6.45) is 10.5. The highest BCUT2D eigenvalue weighted by Gasteiger charge is 2.54. The number of fused-ring (bicyclic) bond motifs is 2. The molecule has 2 aromatic heterocycles. The van der Waals surface area contributed by atoms with Crippen molar-refractivity contribution in [3.8, 4) is 5.75 Å². The topological polar surface area (TPSA) is 56.6 Å². The smallest absolute Gasteiger partial charge is 0.341 e. The second-order valence-electron chi connectivity index (χ2n) is 11.3. The predicted molar refractivity (Wildman–Crippen MR) is 171 cm³/mol. The maximum absolute atomic E-state index is 13.6. The van der Waals surface area contributed by atoms with Crippen molar-refractivity contribution in [2.24, 2.45) is 0 Å². The molecule has 1 aliphatic heterocycles. The standard InChI is InChI=1S/C36H45N3O3/c1-6-9-10-11-12-13-16-24-39-26(4)33(28-18-14-15-20-31(28)39)36(34-29(35(40)42-36)19-17-23-37-34)30-22-21-27(25-32(30)41-5)38(7-2)8-3/h14-15,17-23,25H,6-13,16,24H2,1-5H3. The summed E-state index contributed by atoms with van der Waals surface area (Å²) < 4.78 is 15.0. The summed E-state index contributed by atoms with van der Waals surface area (Å²) in [6.45, 7) is 11.4. The van der Waals surface area contributed by atoms with Gasteiger partial charge in [0.25, 0.3) is 0 Å². The number of carbonyl (C=O) groups is 1. The molecule has 0 bridgehead atoms. The lowest BCUT2D eigenvalue weighted by atomic mass is 9.80. The number of pyridine rings is 1. The molecule has 0 saturated heterocycles. The minimum Gasteiger partial charge on any atom is -0.496 e. The Balaban J connectivity index is 1.68. The third kappa shape index (κ3) is 5.16. The molecule has 0 spiro atoms. The van der Waals surface area contributed by atoms with Gasteiger partial charge in [0.1, 0.15) is 11.4 Å². The fourth-order valence-electron chi connectivity index (χ4n) is 6.73. The monoisotopic (exact) mass is 567 g/mol. The van der Waals surface area contributed by atoms with Gasteiger partial charge in [0.05, 0.1) is 12.7 Å². The lowest BCUT2D eigenvalue weighted by molar-refractivity contribution is 0.0239. The van der Waals surface area contributed by atoms with E-state index >= 15 is 0 Å². The summed E-state index contributed by atoms with van der Waals surface area (Å²) in [5.41, 5.74) is 4.92. The number of cyclic esters (lactones) is 1. The van der Waals surface area contributed by atoms with Gasteiger partial charge in [0.15, 0.2) is 0 Å². The van der Waals surface area contributed by atoms with E-state index < -0.39 is 5.60 Å². The molecule has 42 heavy (non-hydrogen) atoms. The van der Waals surface area contributed by atoms with Crippen molar-refractivity contribution in [1.29, 1.82) is 0 Å². The summed E-state index contributed by atoms with van der Waals surface area (Å²) in [5, 5.41) is 1.07. The van der Waals surface area contributed by atoms with Crippen molar-refractivity contribution in [1.82, 2.24) is 9.55 Å². The molecule has 0 amide bonds. The highest BCUT2D eigenvalue weighted by molar-refractivity contribution is 5.98. The predicted octanol–water partition coefficient (Wildman–Crippen LogP) is 8.41. The Morgan fingerprint density at radius 1 is 0.929 bits per heavy atom. The number of rotatable bonds is 14. The van der Waals surface area contributed by atoms with E-state index in [0.717, 1.165) is 59.5 Å². The quantitative estimate of drug-likeness (QED) is 0.113. The van der Waals surface area contributed by atoms with Gasteiger partial charge in [-0.05, 0) is 57.5 Å². The zero-order chi connectivity index (χ0) is 29.7. The second-order valence-corrected chi connectivity index (χ2v) is 11.3. The van der Waals surface area contributed by atoms with Crippen molar-refractivity contribution >= 4 is 22.6 Å². The summed E-state index contributed by atoms with van der Waals surface area (Å²) >= 11 is 0. The number of carbonyl (C=O) groups excluding carboxylic acids is 1. The number of ether oxygens (including phenoxy) is 2. The molecule has 0 radical (unpaired) electrons. The Hall–Kier alpha value is -3.80. The minimum atomic E-state index is -1.24. The van der Waals surface area contributed by atoms with Crippen molar-refractivity contribution in [2.45, 2.75) is 84.8 Å². The van der Waals surface area contributed by atoms with Crippen molar-refractivity contribution < 1.29 is 14.3 Å². The van der Waals surface area contributed by atoms with E-state index in [9.17, 15) is 4.79 Å². The lowest BCUT2D eigenvalue weighted by Gasteiger charge is -2.32. The van der Waals surface area contributed by atoms with Gasteiger partial charge in [-0.1, -0.05) is 63.6 Å². The van der Waals surface area contributed by atoms with Crippen LogP contribution in [-0.2, 0) is 16.9 Å². The van der Waals surface area contributed by atoms with Crippen LogP contribution in [0.2, 0.25) is 0 Å². The van der Waals surface area contributed by atoms with Crippen LogP contribution in [0.5, 0.6) is 5.75 Å². The molecule has 0 fully saturated rings. The molecule has 1 atom stereocenters. The Morgan fingerprint density at radius 2 is 1.67 bits per heavy atom. The first-order valence-electron chi connectivity index (χ1n) is 15.7. The number of hydrogen-bond acceptors (Lipinski definition) is 5. The average Bonchev–Trinajstić information content (AvgIpc) is 3.47. The Bertz CT molecular complexity index is 1540. The first kappa shape index (κ1) is 29.7. The molecule has 222 valence electrons. The number of methoxy groups -OCH3 is 1. The third-order valence-electron chi connectivity index (χ3n) is 8.87. The molecule has 6 nitrogen and oxygen atoms in total. The van der Waals surface area contributed by atoms with E-state index in [1.165, 1.54) is 38.5 Å². The third-order valence-corrected chi connectivity index (χ3v) is 8.87. The van der Waals surface area contributed by atoms with Crippen LogP contribution < -0.4 is 9.64 Å². The molecule has 0 N–H and O–H groups in total. The zero-order valence-electron chi connectivity index (χ0n) is 25.9. The van der Waals surface area contributed by atoms with Gasteiger partial charge < -0.3 is 18.9 Å². The van der Waals surface area contributed by atoms with Gasteiger partial charge in [-0.25, -0.2) is 4.79 Å². The molecular formula is C36H45N3O3. The molecule has 3 heterocycles. The summed E-state index contributed by atoms with van der Waals surface area (Å²) in [4.78, 5) is 20.7. The van der Waals surface area contributed by atoms with E-state index in [1.54, 1.807) is 19.4 Å². The summed E-state index contributed by atoms with van der Waals surface area (Å²) in [6, 6.07) is 18.3. The van der Waals surface area contributed by atoms with Crippen LogP contribution in [0.3, 0.4) is 0 Å². The van der Waals surface area contributed by atoms with Crippen LogP contribution in [-0.4, -0.2) is 35.7 Å². The molecule has 4 aromatic rings. The number of aryl methyl sites for hydroxylation is 1. The number of aromatic nitrogens is 2. The first-order valence-corrected chi connectivity index (χ1v) is 15.7. The van der Waals surface area contributed by atoms with Gasteiger partial charge in [0, 0.05) is 65.3 Å². The van der Waals surface area contributed by atoms with E-state index in [4.69, 9.17) is 14.5 Å². The first-order chi connectivity index (χ1) is 20.5. The van der Waals surface area contributed by atoms with Gasteiger partial charge >= 0.3 is 5.97 Å². The van der Waals surface area contributed by atoms with Gasteiger partial charge in [-0.3, -0.25) is 4.98 Å². The highest BCUT2D eigenvalue weighted by Crippen LogP contribution is 2.52. The minimum absolute atomic E-state index is 0.365. The van der Waals surface area contributed by atoms with E-state index in [-0.39, 0.29) is 5.97 Å². The number of unbranched alkanes of at least 4 members (excludes halogenated alkanes) is 6. The van der Waals surface area contributed by atoms with E-state index in [2.05, 4.69) is 79.6 Å². The fourth-order valence-corrected chi connectivity index (χ4v) is 6.73. The Morgan fingerprint density at radius 3 is 2.40 bits per heavy atom. The molecular weight excluding hydrogens is 522 g/mol. The molecule has 0 saturated carbocycles. The van der Waals surface area contributed by atoms with Crippen LogP contribution >= 0.6 is 0 Å². The fraction of sp³-hybridized carbons (Fsp3) is 0.444. The van der Waals surface area contributed by atoms with Gasteiger partial charge in [0.2, 0.25) is 5.60 Å². The van der Waals surface area contributed by atoms with Crippen LogP contribution in [0.4, 0.5) is 5.69 Å². The number of hydrogen-bond donors (Lipinski definition) is 0. The normalized spacial score (nSPS) is 16.1. The molecule has 1 aliphatic rings. The molecule has 6 heteroatoms. The summed E-state index contributed by atoms with van der Waals surface area (Å²) in [7, 11) is 1.69. The number of para-hydroxylation sites is 1. The Labute approximate surface area is 250 Å². The Kier molecular flexibility index (Phi) is 9.20. The maximum Gasteiger partial charge on any atom is 0.341 e. The largest absolute Gasteiger partial charge is 0.496 e. The van der Waals surface area contributed by atoms with Crippen LogP contribution in [0, 0.1) is 6.92 Å². The van der Waals surface area contributed by atoms with Gasteiger partial charge in [-0.15, -0.1) is 0 Å². The number of nitrogens with zero attached hydrogens (tertiary/aromatic N) is 3. The zero-order valence-corrected chi connectivity index (χ0v) is 25.9. The average molecular weight is 568 g/mol.